The van der Waals surface area contributed by atoms with Crippen LogP contribution in [0.4, 0.5) is 4.39 Å². The molecule has 7 heteroatoms. The van der Waals surface area contributed by atoms with E-state index >= 15 is 0 Å². The number of hydrogen-bond acceptors (Lipinski definition) is 3. The molecule has 0 aromatic carbocycles. The molecule has 3 rings (SSSR count). The van der Waals surface area contributed by atoms with Crippen LogP contribution < -0.4 is 0 Å². The van der Waals surface area contributed by atoms with Crippen molar-refractivity contribution in [1.29, 1.82) is 0 Å². The zero-order valence-corrected chi connectivity index (χ0v) is 12.1. The van der Waals surface area contributed by atoms with E-state index in [9.17, 15) is 14.0 Å². The summed E-state index contributed by atoms with van der Waals surface area (Å²) in [4.78, 5) is 29.6. The number of likely N-dealkylation sites (tertiary alicyclic amines) is 1. The zero-order valence-electron chi connectivity index (χ0n) is 12.1. The van der Waals surface area contributed by atoms with Gasteiger partial charge in [0.1, 0.15) is 17.2 Å². The van der Waals surface area contributed by atoms with Crippen LogP contribution >= 0.6 is 0 Å². The first kappa shape index (κ1) is 14.5. The lowest BCUT2D eigenvalue weighted by molar-refractivity contribution is -0.143. The molecule has 1 unspecified atom stereocenters. The van der Waals surface area contributed by atoms with Crippen LogP contribution in [0.15, 0.2) is 18.3 Å². The van der Waals surface area contributed by atoms with Gasteiger partial charge in [0.25, 0.3) is 5.91 Å². The van der Waals surface area contributed by atoms with Crippen LogP contribution in [0.25, 0.3) is 5.65 Å². The standard InChI is InChI=1S/C15H16FN3O3/c1-9-13(19-8-11(16)4-5-12(19)17-9)14(20)18-6-2-3-10(7-18)15(21)22/h4-5,8,10H,2-3,6-7H2,1H3,(H,21,22). The van der Waals surface area contributed by atoms with Gasteiger partial charge < -0.3 is 10.0 Å². The van der Waals surface area contributed by atoms with Gasteiger partial charge in [-0.15, -0.1) is 0 Å². The van der Waals surface area contributed by atoms with E-state index in [1.807, 2.05) is 0 Å². The average Bonchev–Trinajstić information content (AvgIpc) is 2.82. The van der Waals surface area contributed by atoms with Gasteiger partial charge in [0.15, 0.2) is 0 Å². The van der Waals surface area contributed by atoms with E-state index < -0.39 is 17.7 Å². The number of pyridine rings is 1. The van der Waals surface area contributed by atoms with Crippen molar-refractivity contribution >= 4 is 17.5 Å². The molecule has 1 saturated heterocycles. The molecule has 2 aromatic rings. The molecule has 1 aliphatic rings. The number of amides is 1. The highest BCUT2D eigenvalue weighted by Crippen LogP contribution is 2.21. The van der Waals surface area contributed by atoms with E-state index in [0.29, 0.717) is 36.4 Å². The number of carboxylic acid groups (broad SMARTS) is 1. The van der Waals surface area contributed by atoms with Gasteiger partial charge in [0.05, 0.1) is 11.6 Å². The summed E-state index contributed by atoms with van der Waals surface area (Å²) in [6.45, 7) is 2.37. The maximum Gasteiger partial charge on any atom is 0.308 e. The molecule has 2 aromatic heterocycles. The first-order chi connectivity index (χ1) is 10.5. The molecule has 0 aliphatic carbocycles. The molecule has 0 saturated carbocycles. The molecule has 1 amide bonds. The topological polar surface area (TPSA) is 74.9 Å². The summed E-state index contributed by atoms with van der Waals surface area (Å²) in [5, 5.41) is 9.13. The average molecular weight is 305 g/mol. The molecule has 1 N–H and O–H groups in total. The van der Waals surface area contributed by atoms with Crippen LogP contribution in [-0.2, 0) is 4.79 Å². The van der Waals surface area contributed by atoms with Gasteiger partial charge in [0, 0.05) is 19.3 Å². The lowest BCUT2D eigenvalue weighted by Crippen LogP contribution is -2.42. The number of piperidine rings is 1. The fraction of sp³-hybridized carbons (Fsp3) is 0.400. The molecule has 22 heavy (non-hydrogen) atoms. The maximum atomic E-state index is 13.4. The number of carbonyl (C=O) groups excluding carboxylic acids is 1. The van der Waals surface area contributed by atoms with Gasteiger partial charge in [-0.1, -0.05) is 0 Å². The normalized spacial score (nSPS) is 18.6. The highest BCUT2D eigenvalue weighted by atomic mass is 19.1. The van der Waals surface area contributed by atoms with Gasteiger partial charge in [-0.05, 0) is 31.9 Å². The quantitative estimate of drug-likeness (QED) is 0.916. The molecule has 1 atom stereocenters. The molecule has 0 bridgehead atoms. The summed E-state index contributed by atoms with van der Waals surface area (Å²) in [6.07, 6.45) is 2.44. The number of fused-ring (bicyclic) bond motifs is 1. The molecule has 1 aliphatic heterocycles. The Morgan fingerprint density at radius 1 is 1.41 bits per heavy atom. The molecule has 116 valence electrons. The van der Waals surface area contributed by atoms with Crippen molar-refractivity contribution in [2.45, 2.75) is 19.8 Å². The van der Waals surface area contributed by atoms with Crippen molar-refractivity contribution in [1.82, 2.24) is 14.3 Å². The number of carbonyl (C=O) groups is 2. The Labute approximate surface area is 126 Å². The van der Waals surface area contributed by atoms with Crippen LogP contribution in [-0.4, -0.2) is 44.4 Å². The summed E-state index contributed by atoms with van der Waals surface area (Å²) in [7, 11) is 0. The van der Waals surface area contributed by atoms with Crippen molar-refractivity contribution < 1.29 is 19.1 Å². The van der Waals surface area contributed by atoms with Crippen molar-refractivity contribution in [3.63, 3.8) is 0 Å². The predicted molar refractivity (Wildman–Crippen MR) is 76.2 cm³/mol. The fourth-order valence-electron chi connectivity index (χ4n) is 2.91. The Morgan fingerprint density at radius 2 is 2.18 bits per heavy atom. The van der Waals surface area contributed by atoms with Crippen molar-refractivity contribution in [2.24, 2.45) is 5.92 Å². The number of aryl methyl sites for hydroxylation is 1. The van der Waals surface area contributed by atoms with Crippen molar-refractivity contribution in [2.75, 3.05) is 13.1 Å². The molecular formula is C15H16FN3O3. The summed E-state index contributed by atoms with van der Waals surface area (Å²) >= 11 is 0. The number of imidazole rings is 1. The Hall–Kier alpha value is -2.44. The van der Waals surface area contributed by atoms with Crippen LogP contribution in [0.3, 0.4) is 0 Å². The van der Waals surface area contributed by atoms with Gasteiger partial charge >= 0.3 is 5.97 Å². The number of carboxylic acids is 1. The van der Waals surface area contributed by atoms with Gasteiger partial charge in [0.2, 0.25) is 0 Å². The molecule has 0 radical (unpaired) electrons. The number of aliphatic carboxylic acids is 1. The number of halogens is 1. The van der Waals surface area contributed by atoms with E-state index in [0.717, 1.165) is 0 Å². The van der Waals surface area contributed by atoms with E-state index in [4.69, 9.17) is 5.11 Å². The summed E-state index contributed by atoms with van der Waals surface area (Å²) in [5.74, 6) is -2.20. The van der Waals surface area contributed by atoms with Crippen molar-refractivity contribution in [3.8, 4) is 0 Å². The second-order valence-electron chi connectivity index (χ2n) is 5.55. The monoisotopic (exact) mass is 305 g/mol. The lowest BCUT2D eigenvalue weighted by Gasteiger charge is -2.30. The Balaban J connectivity index is 1.96. The number of nitrogens with zero attached hydrogens (tertiary/aromatic N) is 3. The second-order valence-corrected chi connectivity index (χ2v) is 5.55. The number of rotatable bonds is 2. The molecule has 3 heterocycles. The largest absolute Gasteiger partial charge is 0.481 e. The highest BCUT2D eigenvalue weighted by molar-refractivity contribution is 5.95. The summed E-state index contributed by atoms with van der Waals surface area (Å²) in [6, 6.07) is 2.80. The second kappa shape index (κ2) is 5.40. The lowest BCUT2D eigenvalue weighted by atomic mass is 9.98. The first-order valence-electron chi connectivity index (χ1n) is 7.13. The third kappa shape index (κ3) is 2.43. The maximum absolute atomic E-state index is 13.4. The molecule has 6 nitrogen and oxygen atoms in total. The summed E-state index contributed by atoms with van der Waals surface area (Å²) in [5.41, 5.74) is 1.29. The number of aromatic nitrogens is 2. The van der Waals surface area contributed by atoms with Gasteiger partial charge in [-0.25, -0.2) is 9.37 Å². The van der Waals surface area contributed by atoms with E-state index in [-0.39, 0.29) is 12.5 Å². The molecule has 1 fully saturated rings. The third-order valence-corrected chi connectivity index (χ3v) is 4.02. The Bertz CT molecular complexity index is 756. The van der Waals surface area contributed by atoms with Gasteiger partial charge in [-0.2, -0.15) is 0 Å². The molecule has 0 spiro atoms. The van der Waals surface area contributed by atoms with Crippen molar-refractivity contribution in [3.05, 3.63) is 35.5 Å². The van der Waals surface area contributed by atoms with E-state index in [2.05, 4.69) is 4.98 Å². The smallest absolute Gasteiger partial charge is 0.308 e. The Kier molecular flexibility index (Phi) is 3.56. The van der Waals surface area contributed by atoms with Crippen LogP contribution in [0.1, 0.15) is 29.0 Å². The fourth-order valence-corrected chi connectivity index (χ4v) is 2.91. The Morgan fingerprint density at radius 3 is 2.91 bits per heavy atom. The predicted octanol–water partition coefficient (Wildman–Crippen LogP) is 1.72. The number of hydrogen-bond donors (Lipinski definition) is 1. The minimum absolute atomic E-state index is 0.177. The van der Waals surface area contributed by atoms with Crippen LogP contribution in [0.5, 0.6) is 0 Å². The van der Waals surface area contributed by atoms with E-state index in [1.165, 1.54) is 27.6 Å². The highest BCUT2D eigenvalue weighted by Gasteiger charge is 2.30. The van der Waals surface area contributed by atoms with Crippen LogP contribution in [0, 0.1) is 18.7 Å². The van der Waals surface area contributed by atoms with Gasteiger partial charge in [-0.3, -0.25) is 14.0 Å². The SMILES string of the molecule is Cc1nc2ccc(F)cn2c1C(=O)N1CCCC(C(=O)O)C1. The van der Waals surface area contributed by atoms with Crippen LogP contribution in [0.2, 0.25) is 0 Å². The minimum atomic E-state index is -0.890. The minimum Gasteiger partial charge on any atom is -0.481 e. The summed E-state index contributed by atoms with van der Waals surface area (Å²) < 4.78 is 14.9. The third-order valence-electron chi connectivity index (χ3n) is 4.02. The van der Waals surface area contributed by atoms with E-state index in [1.54, 1.807) is 6.92 Å². The zero-order chi connectivity index (χ0) is 15.9. The first-order valence-corrected chi connectivity index (χ1v) is 7.13. The molecular weight excluding hydrogens is 289 g/mol.